The minimum absolute atomic E-state index is 0.0891. The summed E-state index contributed by atoms with van der Waals surface area (Å²) >= 11 is 0. The Morgan fingerprint density at radius 1 is 1.25 bits per heavy atom. The van der Waals surface area contributed by atoms with Crippen molar-refractivity contribution in [3.63, 3.8) is 0 Å². The van der Waals surface area contributed by atoms with Crippen molar-refractivity contribution in [2.45, 2.75) is 19.6 Å². The Labute approximate surface area is 142 Å². The zero-order valence-electron chi connectivity index (χ0n) is 14.5. The van der Waals surface area contributed by atoms with Gasteiger partial charge in [0.05, 0.1) is 0 Å². The average molecular weight is 328 g/mol. The fourth-order valence-electron chi connectivity index (χ4n) is 2.98. The number of carbonyl (C=O) groups is 1. The van der Waals surface area contributed by atoms with Crippen LogP contribution in [0.25, 0.3) is 0 Å². The number of likely N-dealkylation sites (N-methyl/N-ethyl adjacent to an activating group) is 1. The van der Waals surface area contributed by atoms with Gasteiger partial charge >= 0.3 is 0 Å². The summed E-state index contributed by atoms with van der Waals surface area (Å²) in [7, 11) is 4.02. The number of amides is 1. The van der Waals surface area contributed by atoms with E-state index in [0.717, 1.165) is 31.2 Å². The van der Waals surface area contributed by atoms with Gasteiger partial charge in [0.2, 0.25) is 0 Å². The van der Waals surface area contributed by atoms with E-state index in [1.54, 1.807) is 6.20 Å². The van der Waals surface area contributed by atoms with Crippen molar-refractivity contribution in [1.82, 2.24) is 19.4 Å². The minimum Gasteiger partial charge on any atom is -0.486 e. The molecule has 1 saturated heterocycles. The smallest absolute Gasteiger partial charge is 0.254 e. The Morgan fingerprint density at radius 3 is 2.62 bits per heavy atom. The molecule has 2 aromatic rings. The maximum Gasteiger partial charge on any atom is 0.254 e. The topological polar surface area (TPSA) is 50.6 Å². The van der Waals surface area contributed by atoms with E-state index in [1.165, 1.54) is 0 Å². The van der Waals surface area contributed by atoms with Gasteiger partial charge < -0.3 is 19.1 Å². The van der Waals surface area contributed by atoms with Gasteiger partial charge in [0.1, 0.15) is 18.2 Å². The normalized spacial score (nSPS) is 18.6. The monoisotopic (exact) mass is 328 g/mol. The van der Waals surface area contributed by atoms with Crippen LogP contribution in [0.4, 0.5) is 0 Å². The first-order valence-electron chi connectivity index (χ1n) is 8.23. The van der Waals surface area contributed by atoms with E-state index in [-0.39, 0.29) is 11.9 Å². The minimum atomic E-state index is 0.0891. The molecule has 1 aliphatic rings. The quantitative estimate of drug-likeness (QED) is 0.858. The molecule has 1 fully saturated rings. The maximum absolute atomic E-state index is 12.7. The molecule has 0 unspecified atom stereocenters. The van der Waals surface area contributed by atoms with E-state index >= 15 is 0 Å². The van der Waals surface area contributed by atoms with Gasteiger partial charge in [0.15, 0.2) is 0 Å². The number of hydrogen-bond acceptors (Lipinski definition) is 4. The highest BCUT2D eigenvalue weighted by molar-refractivity contribution is 5.94. The number of aromatic nitrogens is 2. The molecule has 24 heavy (non-hydrogen) atoms. The number of ether oxygens (including phenoxy) is 1. The van der Waals surface area contributed by atoms with Gasteiger partial charge in [0, 0.05) is 50.7 Å². The molecule has 1 aliphatic heterocycles. The van der Waals surface area contributed by atoms with Crippen molar-refractivity contribution in [1.29, 1.82) is 0 Å². The summed E-state index contributed by atoms with van der Waals surface area (Å²) in [5.74, 6) is 1.69. The number of aryl methyl sites for hydroxylation is 1. The average Bonchev–Trinajstić information content (AvgIpc) is 2.98. The predicted molar refractivity (Wildman–Crippen MR) is 92.0 cm³/mol. The van der Waals surface area contributed by atoms with Crippen molar-refractivity contribution < 1.29 is 9.53 Å². The van der Waals surface area contributed by atoms with Gasteiger partial charge in [-0.15, -0.1) is 0 Å². The van der Waals surface area contributed by atoms with Gasteiger partial charge in [0.25, 0.3) is 5.91 Å². The molecular weight excluding hydrogens is 304 g/mol. The number of imidazole rings is 1. The summed E-state index contributed by atoms with van der Waals surface area (Å²) in [4.78, 5) is 21.1. The molecule has 128 valence electrons. The second-order valence-corrected chi connectivity index (χ2v) is 6.38. The highest BCUT2D eigenvalue weighted by Gasteiger charge is 2.26. The van der Waals surface area contributed by atoms with Crippen molar-refractivity contribution in [2.75, 3.05) is 26.7 Å². The Kier molecular flexibility index (Phi) is 4.85. The highest BCUT2D eigenvalue weighted by Crippen LogP contribution is 2.17. The molecule has 1 aromatic carbocycles. The van der Waals surface area contributed by atoms with Crippen molar-refractivity contribution in [3.05, 3.63) is 48.0 Å². The molecule has 3 rings (SSSR count). The molecule has 0 radical (unpaired) electrons. The second-order valence-electron chi connectivity index (χ2n) is 6.38. The van der Waals surface area contributed by atoms with Crippen molar-refractivity contribution in [2.24, 2.45) is 7.05 Å². The highest BCUT2D eigenvalue weighted by atomic mass is 16.5. The third-order valence-corrected chi connectivity index (χ3v) is 4.48. The van der Waals surface area contributed by atoms with Crippen LogP contribution in [0.1, 0.15) is 23.1 Å². The van der Waals surface area contributed by atoms with E-state index in [1.807, 2.05) is 47.0 Å². The van der Waals surface area contributed by atoms with Crippen molar-refractivity contribution >= 4 is 5.91 Å². The molecule has 6 nitrogen and oxygen atoms in total. The first-order valence-corrected chi connectivity index (χ1v) is 8.23. The summed E-state index contributed by atoms with van der Waals surface area (Å²) in [5.41, 5.74) is 0.704. The summed E-state index contributed by atoms with van der Waals surface area (Å²) in [5, 5.41) is 0. The predicted octanol–water partition coefficient (Wildman–Crippen LogP) is 1.78. The third-order valence-electron chi connectivity index (χ3n) is 4.48. The van der Waals surface area contributed by atoms with Crippen LogP contribution < -0.4 is 4.74 Å². The van der Waals surface area contributed by atoms with E-state index in [2.05, 4.69) is 23.9 Å². The molecule has 1 atom stereocenters. The Hall–Kier alpha value is -2.34. The Bertz CT molecular complexity index is 695. The number of piperazine rings is 1. The van der Waals surface area contributed by atoms with Crippen LogP contribution in [0.5, 0.6) is 5.75 Å². The number of benzene rings is 1. The summed E-state index contributed by atoms with van der Waals surface area (Å²) in [6, 6.07) is 7.59. The van der Waals surface area contributed by atoms with Gasteiger partial charge in [-0.05, 0) is 38.2 Å². The maximum atomic E-state index is 12.7. The third kappa shape index (κ3) is 3.59. The number of rotatable bonds is 4. The molecule has 6 heteroatoms. The molecule has 2 heterocycles. The number of hydrogen-bond donors (Lipinski definition) is 0. The van der Waals surface area contributed by atoms with Crippen LogP contribution in [0.15, 0.2) is 36.7 Å². The van der Waals surface area contributed by atoms with Crippen molar-refractivity contribution in [3.8, 4) is 5.75 Å². The lowest BCUT2D eigenvalue weighted by Gasteiger charge is -2.38. The fourth-order valence-corrected chi connectivity index (χ4v) is 2.98. The Morgan fingerprint density at radius 2 is 2.00 bits per heavy atom. The SMILES string of the molecule is C[C@@H]1CN(C)CCN1C(=O)c1ccc(OCc2nccn2C)cc1. The van der Waals surface area contributed by atoms with Crippen LogP contribution in [0.3, 0.4) is 0 Å². The van der Waals surface area contributed by atoms with Gasteiger partial charge in [-0.25, -0.2) is 4.98 Å². The lowest BCUT2D eigenvalue weighted by Crippen LogP contribution is -2.52. The molecule has 1 aromatic heterocycles. The van der Waals surface area contributed by atoms with E-state index in [0.29, 0.717) is 12.2 Å². The summed E-state index contributed by atoms with van der Waals surface area (Å²) < 4.78 is 7.65. The van der Waals surface area contributed by atoms with E-state index in [9.17, 15) is 4.79 Å². The largest absolute Gasteiger partial charge is 0.486 e. The zero-order chi connectivity index (χ0) is 17.1. The first kappa shape index (κ1) is 16.5. The molecule has 0 saturated carbocycles. The molecule has 0 bridgehead atoms. The van der Waals surface area contributed by atoms with Gasteiger partial charge in [-0.2, -0.15) is 0 Å². The Balaban J connectivity index is 1.61. The molecule has 0 spiro atoms. The van der Waals surface area contributed by atoms with Crippen LogP contribution in [0.2, 0.25) is 0 Å². The van der Waals surface area contributed by atoms with Crippen LogP contribution in [-0.2, 0) is 13.7 Å². The lowest BCUT2D eigenvalue weighted by atomic mass is 10.1. The van der Waals surface area contributed by atoms with Crippen LogP contribution in [-0.4, -0.2) is 58.0 Å². The molecule has 0 aliphatic carbocycles. The molecular formula is C18H24N4O2. The summed E-state index contributed by atoms with van der Waals surface area (Å²) in [6.45, 7) is 5.11. The van der Waals surface area contributed by atoms with Gasteiger partial charge in [-0.3, -0.25) is 4.79 Å². The van der Waals surface area contributed by atoms with Crippen LogP contribution >= 0.6 is 0 Å². The van der Waals surface area contributed by atoms with E-state index < -0.39 is 0 Å². The fraction of sp³-hybridized carbons (Fsp3) is 0.444. The summed E-state index contributed by atoms with van der Waals surface area (Å²) in [6.07, 6.45) is 3.63. The molecule has 1 amide bonds. The van der Waals surface area contributed by atoms with E-state index in [4.69, 9.17) is 4.74 Å². The van der Waals surface area contributed by atoms with Gasteiger partial charge in [-0.1, -0.05) is 0 Å². The first-order chi connectivity index (χ1) is 11.5. The zero-order valence-corrected chi connectivity index (χ0v) is 14.5. The standard InChI is InChI=1S/C18H24N4O2/c1-14-12-20(2)10-11-22(14)18(23)15-4-6-16(7-5-15)24-13-17-19-8-9-21(17)3/h4-9,14H,10-13H2,1-3H3/t14-/m1/s1. The molecule has 0 N–H and O–H groups in total. The van der Waals surface area contributed by atoms with Crippen LogP contribution in [0, 0.1) is 0 Å². The number of carbonyl (C=O) groups excluding carboxylic acids is 1. The lowest BCUT2D eigenvalue weighted by molar-refractivity contribution is 0.0533. The number of nitrogens with zero attached hydrogens (tertiary/aromatic N) is 4. The second kappa shape index (κ2) is 7.05.